The van der Waals surface area contributed by atoms with E-state index in [1.54, 1.807) is 0 Å². The van der Waals surface area contributed by atoms with Gasteiger partial charge < -0.3 is 4.74 Å². The maximum atomic E-state index is 10.7. The SMILES string of the molecule is O=C1COC(=Nc2ccccc2)N1. The zero-order valence-corrected chi connectivity index (χ0v) is 6.86. The lowest BCUT2D eigenvalue weighted by molar-refractivity contribution is -0.119. The lowest BCUT2D eigenvalue weighted by Gasteiger charge is -1.95. The number of nitrogens with zero attached hydrogens (tertiary/aromatic N) is 1. The number of aliphatic imine (C=N–C) groups is 1. The highest BCUT2D eigenvalue weighted by Gasteiger charge is 2.16. The molecule has 13 heavy (non-hydrogen) atoms. The first kappa shape index (κ1) is 7.79. The fourth-order valence-electron chi connectivity index (χ4n) is 1.01. The van der Waals surface area contributed by atoms with Crippen LogP contribution in [0.4, 0.5) is 5.69 Å². The van der Waals surface area contributed by atoms with Crippen molar-refractivity contribution in [1.82, 2.24) is 5.32 Å². The molecule has 66 valence electrons. The average molecular weight is 176 g/mol. The smallest absolute Gasteiger partial charge is 0.297 e. The largest absolute Gasteiger partial charge is 0.455 e. The number of nitrogens with one attached hydrogen (secondary N) is 1. The van der Waals surface area contributed by atoms with E-state index in [-0.39, 0.29) is 18.5 Å². The van der Waals surface area contributed by atoms with E-state index in [4.69, 9.17) is 4.74 Å². The summed E-state index contributed by atoms with van der Waals surface area (Å²) in [5.74, 6) is -0.158. The van der Waals surface area contributed by atoms with E-state index in [2.05, 4.69) is 10.3 Å². The molecule has 1 saturated heterocycles. The van der Waals surface area contributed by atoms with Crippen molar-refractivity contribution in [2.75, 3.05) is 6.61 Å². The van der Waals surface area contributed by atoms with Crippen molar-refractivity contribution in [2.45, 2.75) is 0 Å². The van der Waals surface area contributed by atoms with Crippen molar-refractivity contribution in [3.63, 3.8) is 0 Å². The molecule has 0 radical (unpaired) electrons. The predicted octanol–water partition coefficient (Wildman–Crippen LogP) is 0.821. The van der Waals surface area contributed by atoms with Gasteiger partial charge in [0, 0.05) is 0 Å². The minimum absolute atomic E-state index is 0.0612. The molecule has 1 fully saturated rings. The van der Waals surface area contributed by atoms with Gasteiger partial charge in [-0.05, 0) is 12.1 Å². The van der Waals surface area contributed by atoms with Crippen LogP contribution in [0.1, 0.15) is 0 Å². The molecule has 1 N–H and O–H groups in total. The average Bonchev–Trinajstić information content (AvgIpc) is 2.53. The van der Waals surface area contributed by atoms with Crippen LogP contribution in [0.5, 0.6) is 0 Å². The Kier molecular flexibility index (Phi) is 1.96. The fraction of sp³-hybridized carbons (Fsp3) is 0.111. The number of carbonyl (C=O) groups is 1. The minimum Gasteiger partial charge on any atom is -0.455 e. The predicted molar refractivity (Wildman–Crippen MR) is 47.6 cm³/mol. The molecule has 0 saturated carbocycles. The maximum Gasteiger partial charge on any atom is 0.297 e. The van der Waals surface area contributed by atoms with Crippen molar-refractivity contribution in [1.29, 1.82) is 0 Å². The Hall–Kier alpha value is -1.84. The van der Waals surface area contributed by atoms with Crippen LogP contribution >= 0.6 is 0 Å². The molecule has 4 heteroatoms. The number of ether oxygens (including phenoxy) is 1. The van der Waals surface area contributed by atoms with E-state index in [0.29, 0.717) is 0 Å². The van der Waals surface area contributed by atoms with Crippen molar-refractivity contribution >= 4 is 17.6 Å². The number of benzene rings is 1. The minimum atomic E-state index is -0.158. The van der Waals surface area contributed by atoms with Crippen LogP contribution in [-0.4, -0.2) is 18.5 Å². The zero-order chi connectivity index (χ0) is 9.10. The van der Waals surface area contributed by atoms with Crippen LogP contribution in [-0.2, 0) is 9.53 Å². The van der Waals surface area contributed by atoms with Crippen molar-refractivity contribution in [3.8, 4) is 0 Å². The molecule has 1 aliphatic heterocycles. The zero-order valence-electron chi connectivity index (χ0n) is 6.86. The van der Waals surface area contributed by atoms with Crippen LogP contribution in [0.3, 0.4) is 0 Å². The topological polar surface area (TPSA) is 50.7 Å². The second-order valence-corrected chi connectivity index (χ2v) is 2.59. The summed E-state index contributed by atoms with van der Waals surface area (Å²) in [6.45, 7) is 0.0612. The molecule has 0 aromatic heterocycles. The summed E-state index contributed by atoms with van der Waals surface area (Å²) in [4.78, 5) is 14.8. The molecular weight excluding hydrogens is 168 g/mol. The summed E-state index contributed by atoms with van der Waals surface area (Å²) < 4.78 is 4.96. The summed E-state index contributed by atoms with van der Waals surface area (Å²) >= 11 is 0. The molecule has 0 bridgehead atoms. The summed E-state index contributed by atoms with van der Waals surface area (Å²) in [6, 6.07) is 9.59. The summed E-state index contributed by atoms with van der Waals surface area (Å²) in [5, 5.41) is 2.49. The maximum absolute atomic E-state index is 10.7. The van der Waals surface area contributed by atoms with Gasteiger partial charge in [0.1, 0.15) is 0 Å². The van der Waals surface area contributed by atoms with Gasteiger partial charge in [-0.1, -0.05) is 18.2 Å². The molecule has 4 nitrogen and oxygen atoms in total. The highest BCUT2D eigenvalue weighted by molar-refractivity contribution is 6.00. The molecular formula is C9H8N2O2. The number of carbonyl (C=O) groups excluding carboxylic acids is 1. The van der Waals surface area contributed by atoms with E-state index >= 15 is 0 Å². The number of amides is 1. The lowest BCUT2D eigenvalue weighted by atomic mass is 10.3. The van der Waals surface area contributed by atoms with Crippen LogP contribution < -0.4 is 5.32 Å². The van der Waals surface area contributed by atoms with E-state index in [9.17, 15) is 4.79 Å². The van der Waals surface area contributed by atoms with E-state index in [1.807, 2.05) is 30.3 Å². The Balaban J connectivity index is 2.17. The molecule has 1 aliphatic rings. The second kappa shape index (κ2) is 3.26. The molecule has 0 unspecified atom stereocenters. The highest BCUT2D eigenvalue weighted by Crippen LogP contribution is 2.10. The number of hydrogen-bond donors (Lipinski definition) is 1. The normalized spacial score (nSPS) is 18.5. The third kappa shape index (κ3) is 1.84. The van der Waals surface area contributed by atoms with Crippen LogP contribution in [0.2, 0.25) is 0 Å². The molecule has 1 aromatic carbocycles. The lowest BCUT2D eigenvalue weighted by Crippen LogP contribution is -2.20. The van der Waals surface area contributed by atoms with Gasteiger partial charge in [0.15, 0.2) is 6.61 Å². The van der Waals surface area contributed by atoms with Gasteiger partial charge in [-0.3, -0.25) is 10.1 Å². The van der Waals surface area contributed by atoms with E-state index in [0.717, 1.165) is 5.69 Å². The van der Waals surface area contributed by atoms with Gasteiger partial charge in [-0.25, -0.2) is 0 Å². The Labute approximate surface area is 75.2 Å². The quantitative estimate of drug-likeness (QED) is 0.688. The highest BCUT2D eigenvalue weighted by atomic mass is 16.5. The third-order valence-corrected chi connectivity index (χ3v) is 1.57. The number of rotatable bonds is 1. The molecule has 0 aliphatic carbocycles. The Morgan fingerprint density at radius 3 is 2.69 bits per heavy atom. The number of hydrogen-bond acceptors (Lipinski definition) is 3. The molecule has 0 spiro atoms. The van der Waals surface area contributed by atoms with Crippen LogP contribution in [0, 0.1) is 0 Å². The van der Waals surface area contributed by atoms with E-state index in [1.165, 1.54) is 0 Å². The van der Waals surface area contributed by atoms with Crippen molar-refractivity contribution in [3.05, 3.63) is 30.3 Å². The van der Waals surface area contributed by atoms with Gasteiger partial charge in [0.25, 0.3) is 11.9 Å². The summed E-state index contributed by atoms with van der Waals surface area (Å²) in [6.07, 6.45) is 0. The van der Waals surface area contributed by atoms with Crippen LogP contribution in [0.25, 0.3) is 0 Å². The molecule has 1 heterocycles. The number of amidine groups is 1. The van der Waals surface area contributed by atoms with Gasteiger partial charge in [-0.15, -0.1) is 0 Å². The monoisotopic (exact) mass is 176 g/mol. The Morgan fingerprint density at radius 2 is 2.08 bits per heavy atom. The van der Waals surface area contributed by atoms with Crippen LogP contribution in [0.15, 0.2) is 35.3 Å². The first-order valence-corrected chi connectivity index (χ1v) is 3.91. The molecule has 1 amide bonds. The second-order valence-electron chi connectivity index (χ2n) is 2.59. The Morgan fingerprint density at radius 1 is 1.31 bits per heavy atom. The van der Waals surface area contributed by atoms with Gasteiger partial charge in [0.05, 0.1) is 5.69 Å². The first-order valence-electron chi connectivity index (χ1n) is 3.91. The van der Waals surface area contributed by atoms with Crippen molar-refractivity contribution < 1.29 is 9.53 Å². The summed E-state index contributed by atoms with van der Waals surface area (Å²) in [7, 11) is 0. The van der Waals surface area contributed by atoms with Gasteiger partial charge in [0.2, 0.25) is 0 Å². The summed E-state index contributed by atoms with van der Waals surface area (Å²) in [5.41, 5.74) is 0.764. The third-order valence-electron chi connectivity index (χ3n) is 1.57. The fourth-order valence-corrected chi connectivity index (χ4v) is 1.01. The standard InChI is InChI=1S/C9H8N2O2/c12-8-6-13-9(11-8)10-7-4-2-1-3-5-7/h1-5H,6H2,(H,10,11,12). The Bertz CT molecular complexity index is 346. The van der Waals surface area contributed by atoms with Crippen molar-refractivity contribution in [2.24, 2.45) is 4.99 Å². The first-order chi connectivity index (χ1) is 6.34. The number of para-hydroxylation sites is 1. The van der Waals surface area contributed by atoms with Gasteiger partial charge >= 0.3 is 0 Å². The molecule has 0 atom stereocenters. The van der Waals surface area contributed by atoms with Gasteiger partial charge in [-0.2, -0.15) is 4.99 Å². The van der Waals surface area contributed by atoms with E-state index < -0.39 is 0 Å². The molecule has 1 aromatic rings. The molecule has 2 rings (SSSR count).